The minimum absolute atomic E-state index is 0.0370. The van der Waals surface area contributed by atoms with Crippen molar-refractivity contribution in [1.82, 2.24) is 10.2 Å². The first-order valence-electron chi connectivity index (χ1n) is 4.76. The van der Waals surface area contributed by atoms with Gasteiger partial charge in [0, 0.05) is 10.5 Å². The maximum atomic E-state index is 11.0. The van der Waals surface area contributed by atoms with Gasteiger partial charge in [-0.3, -0.25) is 0 Å². The molecule has 2 aromatic rings. The third kappa shape index (κ3) is 2.96. The molecule has 1 N–H and O–H groups in total. The molecule has 0 unspecified atom stereocenters. The average molecular weight is 330 g/mol. The van der Waals surface area contributed by atoms with Crippen LogP contribution in [0.25, 0.3) is 0 Å². The molecular weight excluding hydrogens is 323 g/mol. The molecule has 0 spiro atoms. The van der Waals surface area contributed by atoms with E-state index < -0.39 is 5.97 Å². The van der Waals surface area contributed by atoms with Crippen LogP contribution in [0.1, 0.15) is 10.4 Å². The van der Waals surface area contributed by atoms with Gasteiger partial charge in [0.15, 0.2) is 5.15 Å². The maximum absolute atomic E-state index is 11.0. The minimum atomic E-state index is -1.08. The Balaban J connectivity index is 2.35. The van der Waals surface area contributed by atoms with Crippen molar-refractivity contribution >= 4 is 33.5 Å². The molecule has 92 valence electrons. The highest BCUT2D eigenvalue weighted by Crippen LogP contribution is 2.27. The predicted molar refractivity (Wildman–Crippen MR) is 68.2 cm³/mol. The van der Waals surface area contributed by atoms with Crippen molar-refractivity contribution in [3.8, 4) is 11.6 Å². The van der Waals surface area contributed by atoms with E-state index in [-0.39, 0.29) is 22.3 Å². The summed E-state index contributed by atoms with van der Waals surface area (Å²) >= 11 is 8.83. The van der Waals surface area contributed by atoms with Crippen LogP contribution in [0.5, 0.6) is 11.6 Å². The summed E-state index contributed by atoms with van der Waals surface area (Å²) in [7, 11) is 0. The van der Waals surface area contributed by atoms with Crippen LogP contribution in [-0.2, 0) is 0 Å². The zero-order chi connectivity index (χ0) is 13.1. The van der Waals surface area contributed by atoms with Gasteiger partial charge in [-0.15, -0.1) is 10.2 Å². The van der Waals surface area contributed by atoms with Crippen molar-refractivity contribution in [3.63, 3.8) is 0 Å². The lowest BCUT2D eigenvalue weighted by molar-refractivity contribution is 0.0694. The summed E-state index contributed by atoms with van der Waals surface area (Å²) in [5, 5.41) is 16.6. The topological polar surface area (TPSA) is 72.3 Å². The quantitative estimate of drug-likeness (QED) is 0.934. The highest BCUT2D eigenvalue weighted by atomic mass is 79.9. The van der Waals surface area contributed by atoms with E-state index in [2.05, 4.69) is 26.1 Å². The number of benzene rings is 1. The van der Waals surface area contributed by atoms with E-state index in [0.29, 0.717) is 4.47 Å². The van der Waals surface area contributed by atoms with E-state index in [1.807, 2.05) is 0 Å². The van der Waals surface area contributed by atoms with Crippen LogP contribution in [0.2, 0.25) is 5.15 Å². The number of nitrogens with zero attached hydrogens (tertiary/aromatic N) is 2. The van der Waals surface area contributed by atoms with Gasteiger partial charge in [0.05, 0.1) is 0 Å². The maximum Gasteiger partial charge on any atom is 0.339 e. The number of hydrogen-bond donors (Lipinski definition) is 1. The summed E-state index contributed by atoms with van der Waals surface area (Å²) in [4.78, 5) is 11.0. The molecule has 0 atom stereocenters. The Morgan fingerprint density at radius 3 is 2.67 bits per heavy atom. The Bertz CT molecular complexity index is 589. The Labute approximate surface area is 116 Å². The molecule has 0 amide bonds. The number of aromatic carboxylic acids is 1. The number of carboxylic acids is 1. The first-order chi connectivity index (χ1) is 8.56. The highest BCUT2D eigenvalue weighted by Gasteiger charge is 2.13. The van der Waals surface area contributed by atoms with Crippen molar-refractivity contribution in [2.75, 3.05) is 0 Å². The summed E-state index contributed by atoms with van der Waals surface area (Å²) in [6.45, 7) is 0. The van der Waals surface area contributed by atoms with E-state index in [1.165, 1.54) is 18.2 Å². The second-order valence-corrected chi connectivity index (χ2v) is 4.54. The zero-order valence-electron chi connectivity index (χ0n) is 8.80. The zero-order valence-corrected chi connectivity index (χ0v) is 11.1. The van der Waals surface area contributed by atoms with Gasteiger partial charge in [0.25, 0.3) is 0 Å². The number of ether oxygens (including phenoxy) is 1. The number of carbonyl (C=O) groups is 1. The molecule has 0 aliphatic rings. The van der Waals surface area contributed by atoms with E-state index in [9.17, 15) is 4.79 Å². The number of hydrogen-bond acceptors (Lipinski definition) is 4. The minimum Gasteiger partial charge on any atom is -0.478 e. The predicted octanol–water partition coefficient (Wildman–Crippen LogP) is 3.38. The number of rotatable bonds is 3. The molecule has 5 nitrogen and oxygen atoms in total. The fraction of sp³-hybridized carbons (Fsp3) is 0. The Hall–Kier alpha value is -1.66. The summed E-state index contributed by atoms with van der Waals surface area (Å²) in [6.07, 6.45) is 0. The molecule has 0 saturated heterocycles. The monoisotopic (exact) mass is 328 g/mol. The fourth-order valence-electron chi connectivity index (χ4n) is 1.23. The number of halogens is 2. The van der Waals surface area contributed by atoms with E-state index in [0.717, 1.165) is 0 Å². The van der Waals surface area contributed by atoms with Crippen LogP contribution in [0.15, 0.2) is 34.8 Å². The molecule has 18 heavy (non-hydrogen) atoms. The summed E-state index contributed by atoms with van der Waals surface area (Å²) in [5.41, 5.74) is 0.0370. The van der Waals surface area contributed by atoms with Crippen molar-refractivity contribution in [3.05, 3.63) is 45.5 Å². The molecule has 0 radical (unpaired) electrons. The van der Waals surface area contributed by atoms with Crippen molar-refractivity contribution in [1.29, 1.82) is 0 Å². The van der Waals surface area contributed by atoms with Crippen molar-refractivity contribution in [2.24, 2.45) is 0 Å². The van der Waals surface area contributed by atoms with E-state index in [1.54, 1.807) is 12.1 Å². The van der Waals surface area contributed by atoms with Crippen LogP contribution >= 0.6 is 27.5 Å². The summed E-state index contributed by atoms with van der Waals surface area (Å²) < 4.78 is 6.06. The summed E-state index contributed by atoms with van der Waals surface area (Å²) in [5.74, 6) is -0.743. The van der Waals surface area contributed by atoms with Crippen LogP contribution in [0.3, 0.4) is 0 Å². The SMILES string of the molecule is O=C(O)c1ccc(Br)cc1Oc1ccc(Cl)nn1. The lowest BCUT2D eigenvalue weighted by Crippen LogP contribution is -2.00. The lowest BCUT2D eigenvalue weighted by Gasteiger charge is -2.07. The Kier molecular flexibility index (Phi) is 3.78. The first kappa shape index (κ1) is 12.8. The van der Waals surface area contributed by atoms with Gasteiger partial charge in [-0.1, -0.05) is 27.5 Å². The number of aromatic nitrogens is 2. The Morgan fingerprint density at radius 2 is 2.06 bits per heavy atom. The second kappa shape index (κ2) is 5.32. The van der Waals surface area contributed by atoms with Crippen molar-refractivity contribution in [2.45, 2.75) is 0 Å². The highest BCUT2D eigenvalue weighted by molar-refractivity contribution is 9.10. The van der Waals surface area contributed by atoms with Gasteiger partial charge in [-0.05, 0) is 24.3 Å². The van der Waals surface area contributed by atoms with Gasteiger partial charge >= 0.3 is 5.97 Å². The molecule has 0 aliphatic carbocycles. The number of carboxylic acid groups (broad SMARTS) is 1. The van der Waals surface area contributed by atoms with E-state index >= 15 is 0 Å². The van der Waals surface area contributed by atoms with Crippen LogP contribution < -0.4 is 4.74 Å². The summed E-state index contributed by atoms with van der Waals surface area (Å²) in [6, 6.07) is 7.60. The fourth-order valence-corrected chi connectivity index (χ4v) is 1.67. The molecule has 0 bridgehead atoms. The largest absolute Gasteiger partial charge is 0.478 e. The van der Waals surface area contributed by atoms with Gasteiger partial charge in [0.2, 0.25) is 5.88 Å². The van der Waals surface area contributed by atoms with E-state index in [4.69, 9.17) is 21.4 Å². The van der Waals surface area contributed by atoms with Crippen LogP contribution in [-0.4, -0.2) is 21.3 Å². The third-order valence-corrected chi connectivity index (χ3v) is 2.69. The van der Waals surface area contributed by atoms with Gasteiger partial charge in [-0.2, -0.15) is 0 Å². The molecule has 1 heterocycles. The van der Waals surface area contributed by atoms with Crippen LogP contribution in [0.4, 0.5) is 0 Å². The molecule has 0 saturated carbocycles. The van der Waals surface area contributed by atoms with Crippen molar-refractivity contribution < 1.29 is 14.6 Å². The Morgan fingerprint density at radius 1 is 1.28 bits per heavy atom. The smallest absolute Gasteiger partial charge is 0.339 e. The van der Waals surface area contributed by atoms with Gasteiger partial charge in [0.1, 0.15) is 11.3 Å². The molecule has 0 fully saturated rings. The molecular formula is C11H6BrClN2O3. The van der Waals surface area contributed by atoms with Gasteiger partial charge in [-0.25, -0.2) is 4.79 Å². The normalized spacial score (nSPS) is 10.1. The molecule has 1 aromatic carbocycles. The molecule has 7 heteroatoms. The molecule has 2 rings (SSSR count). The molecule has 0 aliphatic heterocycles. The second-order valence-electron chi connectivity index (χ2n) is 3.24. The average Bonchev–Trinajstić information content (AvgIpc) is 2.32. The molecule has 1 aromatic heterocycles. The van der Waals surface area contributed by atoms with Gasteiger partial charge < -0.3 is 9.84 Å². The first-order valence-corrected chi connectivity index (χ1v) is 5.93. The standard InChI is InChI=1S/C11H6BrClN2O3/c12-6-1-2-7(11(16)17)8(5-6)18-10-4-3-9(13)14-15-10/h1-5H,(H,16,17). The lowest BCUT2D eigenvalue weighted by atomic mass is 10.2. The third-order valence-electron chi connectivity index (χ3n) is 2.00. The van der Waals surface area contributed by atoms with Crippen LogP contribution in [0, 0.1) is 0 Å².